The van der Waals surface area contributed by atoms with Crippen LogP contribution in [0.4, 0.5) is 11.5 Å². The van der Waals surface area contributed by atoms with Gasteiger partial charge >= 0.3 is 0 Å². The third-order valence-electron chi connectivity index (χ3n) is 1.87. The van der Waals surface area contributed by atoms with Crippen molar-refractivity contribution in [2.45, 2.75) is 6.92 Å². The number of nitrogens with two attached hydrogens (primary N) is 1. The van der Waals surface area contributed by atoms with Gasteiger partial charge in [0.1, 0.15) is 12.0 Å². The molecule has 7 heteroatoms. The fraction of sp³-hybridized carbons (Fsp3) is 0.375. The van der Waals surface area contributed by atoms with Gasteiger partial charge < -0.3 is 11.1 Å². The monoisotopic (exact) mass is 274 g/mol. The van der Waals surface area contributed by atoms with E-state index < -0.39 is 4.92 Å². The topological polar surface area (TPSA) is 94.1 Å². The summed E-state index contributed by atoms with van der Waals surface area (Å²) in [6.07, 6.45) is 1.24. The van der Waals surface area contributed by atoms with Gasteiger partial charge in [-0.3, -0.25) is 10.1 Å². The summed E-state index contributed by atoms with van der Waals surface area (Å²) >= 11 is 3.26. The van der Waals surface area contributed by atoms with E-state index in [2.05, 4.69) is 26.2 Å². The number of hydrogen-bond donors (Lipinski definition) is 2. The van der Waals surface area contributed by atoms with Crippen molar-refractivity contribution in [3.8, 4) is 0 Å². The lowest BCUT2D eigenvalue weighted by molar-refractivity contribution is -0.385. The molecule has 1 heterocycles. The Morgan fingerprint density at radius 3 is 2.93 bits per heavy atom. The normalized spacial score (nSPS) is 10.1. The molecule has 0 saturated carbocycles. The first-order valence-electron chi connectivity index (χ1n) is 4.31. The molecule has 0 amide bonds. The molecule has 82 valence electrons. The first-order chi connectivity index (χ1) is 7.07. The standard InChI is InChI=1S/C8H11BrN4O2/c1-5-6(13(14)15)4-12-8(7(5)9)11-3-2-10/h4H,2-3,10H2,1H3,(H,11,12). The first kappa shape index (κ1) is 11.9. The Hall–Kier alpha value is -1.21. The smallest absolute Gasteiger partial charge is 0.291 e. The Labute approximate surface area is 95.2 Å². The van der Waals surface area contributed by atoms with Crippen molar-refractivity contribution in [1.82, 2.24) is 4.98 Å². The minimum Gasteiger partial charge on any atom is -0.368 e. The third kappa shape index (κ3) is 2.63. The molecule has 0 atom stereocenters. The zero-order valence-electron chi connectivity index (χ0n) is 8.16. The van der Waals surface area contributed by atoms with Gasteiger partial charge in [0.25, 0.3) is 5.69 Å². The zero-order valence-corrected chi connectivity index (χ0v) is 9.74. The fourth-order valence-electron chi connectivity index (χ4n) is 1.07. The quantitative estimate of drug-likeness (QED) is 0.640. The average Bonchev–Trinajstić information content (AvgIpc) is 2.20. The van der Waals surface area contributed by atoms with E-state index in [0.717, 1.165) is 0 Å². The maximum absolute atomic E-state index is 10.6. The van der Waals surface area contributed by atoms with E-state index in [1.807, 2.05) is 0 Å². The number of anilines is 1. The molecule has 0 bridgehead atoms. The third-order valence-corrected chi connectivity index (χ3v) is 2.84. The number of aromatic nitrogens is 1. The van der Waals surface area contributed by atoms with Gasteiger partial charge in [-0.05, 0) is 22.9 Å². The molecule has 3 N–H and O–H groups in total. The highest BCUT2D eigenvalue weighted by atomic mass is 79.9. The van der Waals surface area contributed by atoms with Crippen LogP contribution in [0.5, 0.6) is 0 Å². The number of halogens is 1. The molecule has 0 fully saturated rings. The summed E-state index contributed by atoms with van der Waals surface area (Å²) in [5.41, 5.74) is 5.88. The van der Waals surface area contributed by atoms with Crippen LogP contribution in [0.15, 0.2) is 10.7 Å². The lowest BCUT2D eigenvalue weighted by Crippen LogP contribution is -2.14. The van der Waals surface area contributed by atoms with Crippen LogP contribution < -0.4 is 11.1 Å². The van der Waals surface area contributed by atoms with Gasteiger partial charge in [0, 0.05) is 18.7 Å². The van der Waals surface area contributed by atoms with E-state index in [-0.39, 0.29) is 5.69 Å². The molecule has 0 aromatic carbocycles. The van der Waals surface area contributed by atoms with Crippen LogP contribution in [0.1, 0.15) is 5.56 Å². The zero-order chi connectivity index (χ0) is 11.4. The van der Waals surface area contributed by atoms with E-state index in [9.17, 15) is 10.1 Å². The Bertz CT molecular complexity index is 383. The SMILES string of the molecule is Cc1c([N+](=O)[O-])cnc(NCCN)c1Br. The average molecular weight is 275 g/mol. The number of nitrogens with one attached hydrogen (secondary N) is 1. The summed E-state index contributed by atoms with van der Waals surface area (Å²) in [5, 5.41) is 13.6. The van der Waals surface area contributed by atoms with Crippen molar-refractivity contribution < 1.29 is 4.92 Å². The lowest BCUT2D eigenvalue weighted by Gasteiger charge is -2.07. The molecule has 15 heavy (non-hydrogen) atoms. The molecule has 0 unspecified atom stereocenters. The van der Waals surface area contributed by atoms with E-state index in [0.29, 0.717) is 28.9 Å². The molecule has 1 aromatic rings. The molecule has 1 aromatic heterocycles. The highest BCUT2D eigenvalue weighted by Gasteiger charge is 2.16. The van der Waals surface area contributed by atoms with E-state index in [1.165, 1.54) is 6.20 Å². The number of pyridine rings is 1. The summed E-state index contributed by atoms with van der Waals surface area (Å²) in [7, 11) is 0. The maximum atomic E-state index is 10.6. The van der Waals surface area contributed by atoms with Gasteiger partial charge in [0.15, 0.2) is 0 Å². The van der Waals surface area contributed by atoms with E-state index in [1.54, 1.807) is 6.92 Å². The fourth-order valence-corrected chi connectivity index (χ4v) is 1.51. The minimum absolute atomic E-state index is 0.000161. The molecule has 0 aliphatic rings. The Balaban J connectivity index is 3.04. The molecule has 0 aliphatic heterocycles. The highest BCUT2D eigenvalue weighted by Crippen LogP contribution is 2.30. The summed E-state index contributed by atoms with van der Waals surface area (Å²) in [5.74, 6) is 0.573. The van der Waals surface area contributed by atoms with Crippen LogP contribution in [-0.2, 0) is 0 Å². The van der Waals surface area contributed by atoms with E-state index >= 15 is 0 Å². The van der Waals surface area contributed by atoms with Crippen molar-refractivity contribution in [2.75, 3.05) is 18.4 Å². The van der Waals surface area contributed by atoms with Crippen LogP contribution in [0, 0.1) is 17.0 Å². The number of hydrogen-bond acceptors (Lipinski definition) is 5. The van der Waals surface area contributed by atoms with Crippen LogP contribution >= 0.6 is 15.9 Å². The van der Waals surface area contributed by atoms with Crippen molar-refractivity contribution in [2.24, 2.45) is 5.73 Å². The summed E-state index contributed by atoms with van der Waals surface area (Å²) in [4.78, 5) is 14.1. The Kier molecular flexibility index (Phi) is 3.98. The van der Waals surface area contributed by atoms with E-state index in [4.69, 9.17) is 5.73 Å². The van der Waals surface area contributed by atoms with Crippen molar-refractivity contribution in [1.29, 1.82) is 0 Å². The lowest BCUT2D eigenvalue weighted by atomic mass is 10.2. The summed E-state index contributed by atoms with van der Waals surface area (Å²) < 4.78 is 0.602. The largest absolute Gasteiger partial charge is 0.368 e. The summed E-state index contributed by atoms with van der Waals surface area (Å²) in [6, 6.07) is 0. The Morgan fingerprint density at radius 2 is 2.40 bits per heavy atom. The van der Waals surface area contributed by atoms with Gasteiger partial charge in [-0.25, -0.2) is 4.98 Å². The maximum Gasteiger partial charge on any atom is 0.291 e. The molecule has 6 nitrogen and oxygen atoms in total. The van der Waals surface area contributed by atoms with Crippen LogP contribution in [0.2, 0.25) is 0 Å². The predicted octanol–water partition coefficient (Wildman–Crippen LogP) is 1.43. The molecule has 0 aliphatic carbocycles. The van der Waals surface area contributed by atoms with Gasteiger partial charge in [-0.2, -0.15) is 0 Å². The van der Waals surface area contributed by atoms with Crippen LogP contribution in [0.3, 0.4) is 0 Å². The first-order valence-corrected chi connectivity index (χ1v) is 5.10. The molecular weight excluding hydrogens is 264 g/mol. The summed E-state index contributed by atoms with van der Waals surface area (Å²) in [6.45, 7) is 2.71. The molecule has 1 rings (SSSR count). The Morgan fingerprint density at radius 1 is 1.73 bits per heavy atom. The van der Waals surface area contributed by atoms with Crippen molar-refractivity contribution >= 4 is 27.4 Å². The number of rotatable bonds is 4. The van der Waals surface area contributed by atoms with Crippen molar-refractivity contribution in [3.05, 3.63) is 26.3 Å². The number of nitro groups is 1. The second-order valence-electron chi connectivity index (χ2n) is 2.90. The van der Waals surface area contributed by atoms with Gasteiger partial charge in [-0.1, -0.05) is 0 Å². The minimum atomic E-state index is -0.459. The van der Waals surface area contributed by atoms with Gasteiger partial charge in [0.2, 0.25) is 0 Å². The second kappa shape index (κ2) is 5.04. The van der Waals surface area contributed by atoms with Crippen LogP contribution in [0.25, 0.3) is 0 Å². The second-order valence-corrected chi connectivity index (χ2v) is 3.70. The van der Waals surface area contributed by atoms with Crippen molar-refractivity contribution in [3.63, 3.8) is 0 Å². The van der Waals surface area contributed by atoms with Gasteiger partial charge in [0.05, 0.1) is 9.40 Å². The molecular formula is C8H11BrN4O2. The number of nitrogens with zero attached hydrogens (tertiary/aromatic N) is 2. The predicted molar refractivity (Wildman–Crippen MR) is 60.9 cm³/mol. The highest BCUT2D eigenvalue weighted by molar-refractivity contribution is 9.10. The molecule has 0 spiro atoms. The van der Waals surface area contributed by atoms with Crippen LogP contribution in [-0.4, -0.2) is 23.0 Å². The molecule has 0 saturated heterocycles. The molecule has 0 radical (unpaired) electrons. The van der Waals surface area contributed by atoms with Gasteiger partial charge in [-0.15, -0.1) is 0 Å².